The van der Waals surface area contributed by atoms with Gasteiger partial charge in [-0.3, -0.25) is 4.79 Å². The Kier molecular flexibility index (Phi) is 4.05. The van der Waals surface area contributed by atoms with Crippen LogP contribution >= 0.6 is 0 Å². The molecule has 0 aliphatic carbocycles. The minimum absolute atomic E-state index is 0.0475. The molecular formula is C12H15NO3. The highest BCUT2D eigenvalue weighted by Crippen LogP contribution is 2.16. The number of carboxylic acids is 1. The summed E-state index contributed by atoms with van der Waals surface area (Å²) in [5.74, 6) is -1.01. The molecule has 2 N–H and O–H groups in total. The standard InChI is InChI=1S/C12H15NO3/c1-3-4-11(14)13-10-6-5-9(12(15)16)7-8(10)2/h5-7H,3-4H2,1-2H3,(H,13,14)(H,15,16). The summed E-state index contributed by atoms with van der Waals surface area (Å²) in [5.41, 5.74) is 1.65. The molecule has 0 aliphatic heterocycles. The van der Waals surface area contributed by atoms with E-state index in [-0.39, 0.29) is 11.5 Å². The lowest BCUT2D eigenvalue weighted by molar-refractivity contribution is -0.116. The number of hydrogen-bond donors (Lipinski definition) is 2. The summed E-state index contributed by atoms with van der Waals surface area (Å²) in [4.78, 5) is 22.1. The lowest BCUT2D eigenvalue weighted by atomic mass is 10.1. The number of benzene rings is 1. The smallest absolute Gasteiger partial charge is 0.335 e. The maximum Gasteiger partial charge on any atom is 0.335 e. The van der Waals surface area contributed by atoms with Crippen LogP contribution < -0.4 is 5.32 Å². The van der Waals surface area contributed by atoms with Crippen LogP contribution in [0.5, 0.6) is 0 Å². The number of nitrogens with one attached hydrogen (secondary N) is 1. The van der Waals surface area contributed by atoms with Gasteiger partial charge in [0.15, 0.2) is 0 Å². The average Bonchev–Trinajstić information content (AvgIpc) is 2.21. The molecule has 16 heavy (non-hydrogen) atoms. The SMILES string of the molecule is CCCC(=O)Nc1ccc(C(=O)O)cc1C. The Balaban J connectivity index is 2.83. The van der Waals surface area contributed by atoms with E-state index in [0.29, 0.717) is 12.1 Å². The van der Waals surface area contributed by atoms with Crippen LogP contribution in [0.2, 0.25) is 0 Å². The predicted molar refractivity (Wildman–Crippen MR) is 61.7 cm³/mol. The second-order valence-electron chi connectivity index (χ2n) is 3.63. The van der Waals surface area contributed by atoms with E-state index in [1.165, 1.54) is 6.07 Å². The van der Waals surface area contributed by atoms with Gasteiger partial charge >= 0.3 is 5.97 Å². The number of rotatable bonds is 4. The van der Waals surface area contributed by atoms with Crippen LogP contribution in [0.1, 0.15) is 35.7 Å². The summed E-state index contributed by atoms with van der Waals surface area (Å²) >= 11 is 0. The van der Waals surface area contributed by atoms with Crippen molar-refractivity contribution < 1.29 is 14.7 Å². The van der Waals surface area contributed by atoms with Gasteiger partial charge in [-0.15, -0.1) is 0 Å². The third kappa shape index (κ3) is 3.08. The Labute approximate surface area is 94.3 Å². The van der Waals surface area contributed by atoms with Crippen LogP contribution in [0.15, 0.2) is 18.2 Å². The topological polar surface area (TPSA) is 66.4 Å². The van der Waals surface area contributed by atoms with Crippen LogP contribution in [0.25, 0.3) is 0 Å². The highest BCUT2D eigenvalue weighted by molar-refractivity contribution is 5.93. The zero-order valence-corrected chi connectivity index (χ0v) is 9.41. The van der Waals surface area contributed by atoms with Gasteiger partial charge in [-0.05, 0) is 37.1 Å². The number of carboxylic acid groups (broad SMARTS) is 1. The summed E-state index contributed by atoms with van der Waals surface area (Å²) in [7, 11) is 0. The Morgan fingerprint density at radius 3 is 2.56 bits per heavy atom. The van der Waals surface area contributed by atoms with Crippen LogP contribution in [0, 0.1) is 6.92 Å². The van der Waals surface area contributed by atoms with Crippen molar-refractivity contribution in [3.8, 4) is 0 Å². The van der Waals surface area contributed by atoms with Gasteiger partial charge in [-0.25, -0.2) is 4.79 Å². The van der Waals surface area contributed by atoms with Crippen LogP contribution in [-0.2, 0) is 4.79 Å². The second kappa shape index (κ2) is 5.30. The highest BCUT2D eigenvalue weighted by Gasteiger charge is 2.07. The van der Waals surface area contributed by atoms with Gasteiger partial charge in [0.25, 0.3) is 0 Å². The fourth-order valence-electron chi connectivity index (χ4n) is 1.38. The predicted octanol–water partition coefficient (Wildman–Crippen LogP) is 2.43. The Morgan fingerprint density at radius 1 is 1.38 bits per heavy atom. The fourth-order valence-corrected chi connectivity index (χ4v) is 1.38. The van der Waals surface area contributed by atoms with Crippen molar-refractivity contribution in [1.82, 2.24) is 0 Å². The summed E-state index contributed by atoms with van der Waals surface area (Å²) in [6.07, 6.45) is 1.26. The number of amides is 1. The number of carbonyl (C=O) groups excluding carboxylic acids is 1. The van der Waals surface area contributed by atoms with Crippen LogP contribution in [0.4, 0.5) is 5.69 Å². The molecule has 1 amide bonds. The minimum Gasteiger partial charge on any atom is -0.478 e. The molecular weight excluding hydrogens is 206 g/mol. The van der Waals surface area contributed by atoms with E-state index in [1.54, 1.807) is 19.1 Å². The lowest BCUT2D eigenvalue weighted by Gasteiger charge is -2.08. The zero-order valence-electron chi connectivity index (χ0n) is 9.41. The van der Waals surface area contributed by atoms with Gasteiger partial charge in [0.2, 0.25) is 5.91 Å². The molecule has 0 fully saturated rings. The van der Waals surface area contributed by atoms with Gasteiger partial charge in [0.1, 0.15) is 0 Å². The van der Waals surface area contributed by atoms with E-state index < -0.39 is 5.97 Å². The Hall–Kier alpha value is -1.84. The van der Waals surface area contributed by atoms with E-state index in [1.807, 2.05) is 6.92 Å². The second-order valence-corrected chi connectivity index (χ2v) is 3.63. The van der Waals surface area contributed by atoms with E-state index in [4.69, 9.17) is 5.11 Å². The van der Waals surface area contributed by atoms with E-state index in [9.17, 15) is 9.59 Å². The molecule has 1 aromatic carbocycles. The molecule has 0 saturated heterocycles. The first-order chi connectivity index (χ1) is 7.54. The molecule has 0 spiro atoms. The molecule has 1 aromatic rings. The van der Waals surface area contributed by atoms with Crippen molar-refractivity contribution in [2.75, 3.05) is 5.32 Å². The molecule has 0 bridgehead atoms. The number of aryl methyl sites for hydroxylation is 1. The first-order valence-electron chi connectivity index (χ1n) is 5.18. The Bertz CT molecular complexity index is 413. The monoisotopic (exact) mass is 221 g/mol. The van der Waals surface area contributed by atoms with E-state index in [0.717, 1.165) is 12.0 Å². The molecule has 0 radical (unpaired) electrons. The van der Waals surface area contributed by atoms with Crippen molar-refractivity contribution in [2.24, 2.45) is 0 Å². The first-order valence-corrected chi connectivity index (χ1v) is 5.18. The number of hydrogen-bond acceptors (Lipinski definition) is 2. The number of anilines is 1. The van der Waals surface area contributed by atoms with Crippen molar-refractivity contribution in [3.63, 3.8) is 0 Å². The van der Waals surface area contributed by atoms with Crippen LogP contribution in [0.3, 0.4) is 0 Å². The fraction of sp³-hybridized carbons (Fsp3) is 0.333. The quantitative estimate of drug-likeness (QED) is 0.820. The van der Waals surface area contributed by atoms with Crippen molar-refractivity contribution in [1.29, 1.82) is 0 Å². The van der Waals surface area contributed by atoms with Crippen LogP contribution in [-0.4, -0.2) is 17.0 Å². The molecule has 0 atom stereocenters. The molecule has 4 heteroatoms. The zero-order chi connectivity index (χ0) is 12.1. The third-order valence-corrected chi connectivity index (χ3v) is 2.22. The molecule has 0 saturated carbocycles. The molecule has 1 rings (SSSR count). The molecule has 0 heterocycles. The Morgan fingerprint density at radius 2 is 2.06 bits per heavy atom. The lowest BCUT2D eigenvalue weighted by Crippen LogP contribution is -2.12. The number of aromatic carboxylic acids is 1. The van der Waals surface area contributed by atoms with E-state index >= 15 is 0 Å². The summed E-state index contributed by atoms with van der Waals surface area (Å²) in [6, 6.07) is 4.65. The average molecular weight is 221 g/mol. The minimum atomic E-state index is -0.963. The molecule has 0 aliphatic rings. The first kappa shape index (κ1) is 12.2. The molecule has 0 aromatic heterocycles. The maximum atomic E-state index is 11.4. The van der Waals surface area contributed by atoms with Gasteiger partial charge in [-0.2, -0.15) is 0 Å². The third-order valence-electron chi connectivity index (χ3n) is 2.22. The largest absolute Gasteiger partial charge is 0.478 e. The van der Waals surface area contributed by atoms with Crippen molar-refractivity contribution in [2.45, 2.75) is 26.7 Å². The summed E-state index contributed by atoms with van der Waals surface area (Å²) < 4.78 is 0. The number of carbonyl (C=O) groups is 2. The summed E-state index contributed by atoms with van der Waals surface area (Å²) in [5, 5.41) is 11.5. The molecule has 4 nitrogen and oxygen atoms in total. The van der Waals surface area contributed by atoms with Gasteiger partial charge in [-0.1, -0.05) is 6.92 Å². The summed E-state index contributed by atoms with van der Waals surface area (Å²) in [6.45, 7) is 3.70. The van der Waals surface area contributed by atoms with Gasteiger partial charge in [0, 0.05) is 12.1 Å². The molecule has 86 valence electrons. The van der Waals surface area contributed by atoms with Crippen molar-refractivity contribution in [3.05, 3.63) is 29.3 Å². The van der Waals surface area contributed by atoms with Gasteiger partial charge < -0.3 is 10.4 Å². The van der Waals surface area contributed by atoms with E-state index in [2.05, 4.69) is 5.32 Å². The molecule has 0 unspecified atom stereocenters. The van der Waals surface area contributed by atoms with Gasteiger partial charge in [0.05, 0.1) is 5.56 Å². The highest BCUT2D eigenvalue weighted by atomic mass is 16.4. The van der Waals surface area contributed by atoms with Crippen molar-refractivity contribution >= 4 is 17.6 Å². The maximum absolute atomic E-state index is 11.4. The normalized spacial score (nSPS) is 9.88.